The normalized spacial score (nSPS) is 28.4. The molecule has 0 bridgehead atoms. The Balaban J connectivity index is 1.85. The number of nitrogens with one attached hydrogen (secondary N) is 1. The quantitative estimate of drug-likeness (QED) is 0.732. The van der Waals surface area contributed by atoms with Crippen LogP contribution in [0.25, 0.3) is 0 Å². The van der Waals surface area contributed by atoms with Gasteiger partial charge >= 0.3 is 0 Å². The van der Waals surface area contributed by atoms with Crippen molar-refractivity contribution in [1.29, 1.82) is 0 Å². The maximum absolute atomic E-state index is 9.41. The first-order valence-electron chi connectivity index (χ1n) is 6.33. The van der Waals surface area contributed by atoms with E-state index < -0.39 is 0 Å². The summed E-state index contributed by atoms with van der Waals surface area (Å²) in [6.45, 7) is 2.60. The summed E-state index contributed by atoms with van der Waals surface area (Å²) < 4.78 is 0. The lowest BCUT2D eigenvalue weighted by Crippen LogP contribution is -2.55. The molecule has 3 nitrogen and oxygen atoms in total. The van der Waals surface area contributed by atoms with E-state index in [1.807, 2.05) is 7.05 Å². The van der Waals surface area contributed by atoms with Gasteiger partial charge in [-0.1, -0.05) is 12.8 Å². The number of hydrogen-bond acceptors (Lipinski definition) is 3. The SMILES string of the molecule is CNC1(CO)CCN(C2CCCC2)CC1. The van der Waals surface area contributed by atoms with Crippen LogP contribution in [-0.4, -0.2) is 48.3 Å². The van der Waals surface area contributed by atoms with Gasteiger partial charge in [0, 0.05) is 24.7 Å². The fraction of sp³-hybridized carbons (Fsp3) is 1.00. The highest BCUT2D eigenvalue weighted by Crippen LogP contribution is 2.29. The first-order chi connectivity index (χ1) is 7.29. The minimum Gasteiger partial charge on any atom is -0.394 e. The topological polar surface area (TPSA) is 35.5 Å². The molecular weight excluding hydrogens is 188 g/mol. The first-order valence-corrected chi connectivity index (χ1v) is 6.33. The Hall–Kier alpha value is -0.120. The van der Waals surface area contributed by atoms with Crippen molar-refractivity contribution >= 4 is 0 Å². The molecule has 1 saturated heterocycles. The molecule has 2 rings (SSSR count). The van der Waals surface area contributed by atoms with Gasteiger partial charge in [-0.25, -0.2) is 0 Å². The molecule has 0 aromatic heterocycles. The molecule has 2 aliphatic rings. The van der Waals surface area contributed by atoms with Crippen molar-refractivity contribution in [3.63, 3.8) is 0 Å². The summed E-state index contributed by atoms with van der Waals surface area (Å²) in [7, 11) is 1.97. The number of aliphatic hydroxyl groups is 1. The molecule has 1 aliphatic carbocycles. The molecule has 0 aromatic carbocycles. The minimum absolute atomic E-state index is 0.00903. The van der Waals surface area contributed by atoms with Gasteiger partial charge in [-0.05, 0) is 32.7 Å². The van der Waals surface area contributed by atoms with Crippen LogP contribution in [0.4, 0.5) is 0 Å². The molecule has 1 heterocycles. The van der Waals surface area contributed by atoms with E-state index in [1.54, 1.807) is 0 Å². The first kappa shape index (κ1) is 11.4. The molecule has 3 heteroatoms. The van der Waals surface area contributed by atoms with Crippen LogP contribution in [0.5, 0.6) is 0 Å². The van der Waals surface area contributed by atoms with Crippen molar-refractivity contribution in [2.75, 3.05) is 26.7 Å². The number of rotatable bonds is 3. The molecule has 2 N–H and O–H groups in total. The molecule has 88 valence electrons. The van der Waals surface area contributed by atoms with Crippen molar-refractivity contribution in [1.82, 2.24) is 10.2 Å². The second-order valence-electron chi connectivity index (χ2n) is 5.16. The minimum atomic E-state index is 0.00903. The Morgan fingerprint density at radius 2 is 1.87 bits per heavy atom. The predicted octanol–water partition coefficient (Wildman–Crippen LogP) is 0.975. The van der Waals surface area contributed by atoms with E-state index in [9.17, 15) is 5.11 Å². The molecule has 0 atom stereocenters. The van der Waals surface area contributed by atoms with Crippen LogP contribution in [0.15, 0.2) is 0 Å². The van der Waals surface area contributed by atoms with E-state index in [0.717, 1.165) is 32.0 Å². The summed E-state index contributed by atoms with van der Waals surface area (Å²) in [5, 5.41) is 12.7. The molecule has 0 amide bonds. The van der Waals surface area contributed by atoms with Crippen LogP contribution in [0.2, 0.25) is 0 Å². The van der Waals surface area contributed by atoms with Gasteiger partial charge in [0.05, 0.1) is 6.61 Å². The van der Waals surface area contributed by atoms with Gasteiger partial charge in [-0.15, -0.1) is 0 Å². The van der Waals surface area contributed by atoms with Crippen molar-refractivity contribution < 1.29 is 5.11 Å². The highest BCUT2D eigenvalue weighted by atomic mass is 16.3. The van der Waals surface area contributed by atoms with Crippen LogP contribution in [0, 0.1) is 0 Å². The van der Waals surface area contributed by atoms with E-state index >= 15 is 0 Å². The Morgan fingerprint density at radius 3 is 2.33 bits per heavy atom. The van der Waals surface area contributed by atoms with Crippen LogP contribution in [-0.2, 0) is 0 Å². The third kappa shape index (κ3) is 2.35. The van der Waals surface area contributed by atoms with Gasteiger partial charge in [0.2, 0.25) is 0 Å². The van der Waals surface area contributed by atoms with E-state index in [2.05, 4.69) is 10.2 Å². The maximum Gasteiger partial charge on any atom is 0.0614 e. The summed E-state index contributed by atoms with van der Waals surface area (Å²) >= 11 is 0. The average Bonchev–Trinajstić information content (AvgIpc) is 2.83. The summed E-state index contributed by atoms with van der Waals surface area (Å²) in [6.07, 6.45) is 7.81. The summed E-state index contributed by atoms with van der Waals surface area (Å²) in [5.41, 5.74) is 0.00903. The Bertz CT molecular complexity index is 188. The van der Waals surface area contributed by atoms with Gasteiger partial charge in [0.1, 0.15) is 0 Å². The number of piperidine rings is 1. The smallest absolute Gasteiger partial charge is 0.0614 e. The predicted molar refractivity (Wildman–Crippen MR) is 61.9 cm³/mol. The van der Waals surface area contributed by atoms with Crippen molar-refractivity contribution in [2.24, 2.45) is 0 Å². The van der Waals surface area contributed by atoms with Crippen molar-refractivity contribution in [3.8, 4) is 0 Å². The molecule has 15 heavy (non-hydrogen) atoms. The lowest BCUT2D eigenvalue weighted by Gasteiger charge is -2.42. The fourth-order valence-electron chi connectivity index (χ4n) is 3.07. The second-order valence-corrected chi connectivity index (χ2v) is 5.16. The molecule has 2 fully saturated rings. The molecular formula is C12H24N2O. The van der Waals surface area contributed by atoms with E-state index in [4.69, 9.17) is 0 Å². The highest BCUT2D eigenvalue weighted by Gasteiger charge is 2.35. The summed E-state index contributed by atoms with van der Waals surface area (Å²) in [5.74, 6) is 0. The van der Waals surface area contributed by atoms with E-state index in [1.165, 1.54) is 25.7 Å². The van der Waals surface area contributed by atoms with Gasteiger partial charge < -0.3 is 15.3 Å². The standard InChI is InChI=1S/C12H24N2O/c1-13-12(10-15)6-8-14(9-7-12)11-4-2-3-5-11/h11,13,15H,2-10H2,1H3. The summed E-state index contributed by atoms with van der Waals surface area (Å²) in [4.78, 5) is 2.64. The number of aliphatic hydroxyl groups excluding tert-OH is 1. The van der Waals surface area contributed by atoms with Crippen LogP contribution >= 0.6 is 0 Å². The molecule has 0 unspecified atom stereocenters. The Kier molecular flexibility index (Phi) is 3.65. The third-order valence-corrected chi connectivity index (χ3v) is 4.43. The maximum atomic E-state index is 9.41. The average molecular weight is 212 g/mol. The lowest BCUT2D eigenvalue weighted by molar-refractivity contribution is 0.0640. The van der Waals surface area contributed by atoms with E-state index in [0.29, 0.717) is 0 Å². The molecule has 0 radical (unpaired) electrons. The Labute approximate surface area is 92.8 Å². The zero-order valence-corrected chi connectivity index (χ0v) is 9.84. The second kappa shape index (κ2) is 4.81. The molecule has 0 aromatic rings. The van der Waals surface area contributed by atoms with Crippen molar-refractivity contribution in [3.05, 3.63) is 0 Å². The van der Waals surface area contributed by atoms with Crippen LogP contribution < -0.4 is 5.32 Å². The fourth-order valence-corrected chi connectivity index (χ4v) is 3.07. The zero-order chi connectivity index (χ0) is 10.7. The number of likely N-dealkylation sites (tertiary alicyclic amines) is 1. The molecule has 1 aliphatic heterocycles. The summed E-state index contributed by atoms with van der Waals surface area (Å²) in [6, 6.07) is 0.846. The third-order valence-electron chi connectivity index (χ3n) is 4.43. The van der Waals surface area contributed by atoms with Crippen molar-refractivity contribution in [2.45, 2.75) is 50.1 Å². The largest absolute Gasteiger partial charge is 0.394 e. The highest BCUT2D eigenvalue weighted by molar-refractivity contribution is 4.94. The number of likely N-dealkylation sites (N-methyl/N-ethyl adjacent to an activating group) is 1. The zero-order valence-electron chi connectivity index (χ0n) is 9.84. The van der Waals surface area contributed by atoms with E-state index in [-0.39, 0.29) is 12.1 Å². The van der Waals surface area contributed by atoms with Crippen LogP contribution in [0.1, 0.15) is 38.5 Å². The lowest BCUT2D eigenvalue weighted by atomic mass is 9.88. The molecule has 1 saturated carbocycles. The van der Waals surface area contributed by atoms with Gasteiger partial charge in [-0.2, -0.15) is 0 Å². The number of hydrogen-bond donors (Lipinski definition) is 2. The number of nitrogens with zero attached hydrogens (tertiary/aromatic N) is 1. The van der Waals surface area contributed by atoms with Gasteiger partial charge in [0.15, 0.2) is 0 Å². The van der Waals surface area contributed by atoms with Crippen LogP contribution in [0.3, 0.4) is 0 Å². The Morgan fingerprint density at radius 1 is 1.27 bits per heavy atom. The van der Waals surface area contributed by atoms with Gasteiger partial charge in [0.25, 0.3) is 0 Å². The monoisotopic (exact) mass is 212 g/mol. The van der Waals surface area contributed by atoms with Gasteiger partial charge in [-0.3, -0.25) is 0 Å². The molecule has 0 spiro atoms.